The average Bonchev–Trinajstić information content (AvgIpc) is 4.18. The summed E-state index contributed by atoms with van der Waals surface area (Å²) in [5.74, 6) is 0. The van der Waals surface area contributed by atoms with Crippen molar-refractivity contribution in [3.8, 4) is 101 Å². The zero-order valence-corrected chi connectivity index (χ0v) is 41.7. The van der Waals surface area contributed by atoms with E-state index in [-0.39, 0.29) is 20.1 Å². The minimum absolute atomic E-state index is 0. The quantitative estimate of drug-likeness (QED) is 0.101. The third kappa shape index (κ3) is 8.80. The number of para-hydroxylation sites is 2. The van der Waals surface area contributed by atoms with Crippen LogP contribution in [0.2, 0.25) is 0 Å². The predicted octanol–water partition coefficient (Wildman–Crippen LogP) is 16.5. The van der Waals surface area contributed by atoms with Crippen molar-refractivity contribution in [2.24, 2.45) is 0 Å². The third-order valence-electron chi connectivity index (χ3n) is 13.5. The fourth-order valence-corrected chi connectivity index (χ4v) is 9.98. The van der Waals surface area contributed by atoms with Crippen LogP contribution in [0.3, 0.4) is 0 Å². The molecular weight excluding hydrogens is 1070 g/mol. The summed E-state index contributed by atoms with van der Waals surface area (Å²) < 4.78 is 3.77. The molecule has 0 saturated carbocycles. The Kier molecular flexibility index (Phi) is 12.1. The van der Waals surface area contributed by atoms with E-state index in [9.17, 15) is 0 Å². The van der Waals surface area contributed by atoms with Gasteiger partial charge in [0.15, 0.2) is 0 Å². The van der Waals surface area contributed by atoms with Gasteiger partial charge < -0.3 is 4.98 Å². The second-order valence-electron chi connectivity index (χ2n) is 17.9. The summed E-state index contributed by atoms with van der Waals surface area (Å²) in [4.78, 5) is 5.10. The van der Waals surface area contributed by atoms with Gasteiger partial charge >= 0.3 is 20.1 Å². The molecule has 0 bridgehead atoms. The maximum Gasteiger partial charge on any atom is 3.00 e. The Labute approximate surface area is 437 Å². The largest absolute Gasteiger partial charge is 3.00 e. The zero-order valence-electron chi connectivity index (χ0n) is 39.3. The number of hydrogen-bond donors (Lipinski definition) is 0. The molecule has 0 radical (unpaired) electrons. The van der Waals surface area contributed by atoms with Gasteiger partial charge in [0.25, 0.3) is 0 Å². The van der Waals surface area contributed by atoms with Crippen LogP contribution >= 0.6 is 0 Å². The number of aromatic nitrogens is 5. The monoisotopic (exact) mass is 1110 g/mol. The van der Waals surface area contributed by atoms with Crippen LogP contribution in [0.25, 0.3) is 122 Å². The maximum absolute atomic E-state index is 5.10. The molecule has 0 atom stereocenters. The SMILES string of the molecule is [Ir+3].[c-]1ccc(-c2ccc3ccc4ccccc4c3c2)cc1-c1ccc(-c2ccccc2-c2cc(-c3ccccc3-c3cnn(-c4[c-]cccc4)c3)cc(-c3ccccc3-c3cnn(-c4[c-]cccc4)c3)c2)cn1. The van der Waals surface area contributed by atoms with Crippen LogP contribution < -0.4 is 0 Å². The summed E-state index contributed by atoms with van der Waals surface area (Å²) in [6.07, 6.45) is 10.0. The molecule has 0 aliphatic rings. The Morgan fingerprint density at radius 1 is 0.315 bits per heavy atom. The first-order chi connectivity index (χ1) is 35.7. The molecule has 0 aliphatic carbocycles. The van der Waals surface area contributed by atoms with Gasteiger partial charge in [-0.2, -0.15) is 58.7 Å². The van der Waals surface area contributed by atoms with Gasteiger partial charge in [0, 0.05) is 29.7 Å². The van der Waals surface area contributed by atoms with Crippen molar-refractivity contribution < 1.29 is 20.1 Å². The number of nitrogens with zero attached hydrogens (tertiary/aromatic N) is 5. The van der Waals surface area contributed by atoms with E-state index in [0.717, 1.165) is 101 Å². The van der Waals surface area contributed by atoms with E-state index in [4.69, 9.17) is 15.2 Å². The molecule has 5 nitrogen and oxygen atoms in total. The first-order valence-corrected chi connectivity index (χ1v) is 24.0. The molecule has 0 saturated heterocycles. The number of benzene rings is 10. The van der Waals surface area contributed by atoms with Crippen molar-refractivity contribution in [3.63, 3.8) is 0 Å². The first kappa shape index (κ1) is 45.1. The van der Waals surface area contributed by atoms with Gasteiger partial charge in [0.05, 0.1) is 12.4 Å². The molecule has 3 heterocycles. The Bertz CT molecular complexity index is 3960. The molecule has 13 rings (SSSR count). The van der Waals surface area contributed by atoms with Crippen LogP contribution in [0.1, 0.15) is 0 Å². The van der Waals surface area contributed by atoms with Crippen molar-refractivity contribution in [2.75, 3.05) is 0 Å². The van der Waals surface area contributed by atoms with Gasteiger partial charge in [-0.15, -0.1) is 47.5 Å². The van der Waals surface area contributed by atoms with E-state index in [1.165, 1.54) is 21.5 Å². The zero-order chi connectivity index (χ0) is 47.8. The molecule has 0 unspecified atom stereocenters. The fraction of sp³-hybridized carbons (Fsp3) is 0. The Balaban J connectivity index is 0.00000543. The molecule has 0 fully saturated rings. The van der Waals surface area contributed by atoms with Crippen LogP contribution in [0.4, 0.5) is 0 Å². The van der Waals surface area contributed by atoms with Crippen LogP contribution in [-0.2, 0) is 20.1 Å². The second-order valence-corrected chi connectivity index (χ2v) is 17.9. The van der Waals surface area contributed by atoms with Crippen molar-refractivity contribution >= 4 is 21.5 Å². The Hall–Kier alpha value is -9.06. The normalized spacial score (nSPS) is 11.2. The van der Waals surface area contributed by atoms with Crippen molar-refractivity contribution in [2.45, 2.75) is 0 Å². The average molecular weight is 1110 g/mol. The number of fused-ring (bicyclic) bond motifs is 3. The van der Waals surface area contributed by atoms with Gasteiger partial charge in [-0.1, -0.05) is 133 Å². The van der Waals surface area contributed by atoms with Crippen LogP contribution in [0.15, 0.2) is 255 Å². The molecule has 73 heavy (non-hydrogen) atoms. The van der Waals surface area contributed by atoms with Crippen molar-refractivity contribution in [3.05, 3.63) is 274 Å². The Morgan fingerprint density at radius 3 is 1.32 bits per heavy atom. The molecule has 0 spiro atoms. The maximum atomic E-state index is 5.10. The second kappa shape index (κ2) is 19.6. The summed E-state index contributed by atoms with van der Waals surface area (Å²) in [7, 11) is 0. The minimum atomic E-state index is 0. The molecule has 0 N–H and O–H groups in total. The number of hydrogen-bond acceptors (Lipinski definition) is 3. The predicted molar refractivity (Wildman–Crippen MR) is 293 cm³/mol. The molecule has 10 aromatic carbocycles. The van der Waals surface area contributed by atoms with Crippen LogP contribution in [0, 0.1) is 18.2 Å². The molecule has 6 heteroatoms. The third-order valence-corrected chi connectivity index (χ3v) is 13.5. The summed E-state index contributed by atoms with van der Waals surface area (Å²) in [5.41, 5.74) is 18.7. The first-order valence-electron chi connectivity index (χ1n) is 24.0. The van der Waals surface area contributed by atoms with Crippen LogP contribution in [-0.4, -0.2) is 24.5 Å². The standard InChI is InChI=1S/C67H42N5.Ir/c1-3-19-57(20-4-1)71-44-55(42-69-71)64-28-13-11-26-62(64)53-37-52(38-54(39-53)63-27-12-14-29-65(63)56-43-70-72(45-56)58-21-5-2-6-22-58)61-25-10-9-24-60(61)51-34-35-67(68-41-51)50-18-15-17-48(36-50)49-33-32-47-31-30-46-16-7-8-23-59(46)66(47)40-49;/h1-17,19,21,23-45H;/q-3;+3. The molecule has 13 aromatic rings. The van der Waals surface area contributed by atoms with E-state index < -0.39 is 0 Å². The topological polar surface area (TPSA) is 48.5 Å². The minimum Gasteiger partial charge on any atom is -0.304 e. The van der Waals surface area contributed by atoms with Gasteiger partial charge in [-0.3, -0.25) is 9.36 Å². The Morgan fingerprint density at radius 2 is 0.781 bits per heavy atom. The fourth-order valence-electron chi connectivity index (χ4n) is 9.98. The van der Waals surface area contributed by atoms with E-state index in [1.807, 2.05) is 82.6 Å². The smallest absolute Gasteiger partial charge is 0.304 e. The molecule has 3 aromatic heterocycles. The van der Waals surface area contributed by atoms with Gasteiger partial charge in [0.2, 0.25) is 0 Å². The van der Waals surface area contributed by atoms with Crippen molar-refractivity contribution in [1.82, 2.24) is 24.5 Å². The molecule has 344 valence electrons. The summed E-state index contributed by atoms with van der Waals surface area (Å²) in [6.45, 7) is 0. The molecule has 0 amide bonds. The van der Waals surface area contributed by atoms with Gasteiger partial charge in [-0.05, 0) is 124 Å². The van der Waals surface area contributed by atoms with E-state index in [2.05, 4.69) is 200 Å². The van der Waals surface area contributed by atoms with E-state index in [1.54, 1.807) is 0 Å². The van der Waals surface area contributed by atoms with E-state index in [0.29, 0.717) is 0 Å². The molecular formula is C67H42IrN5. The van der Waals surface area contributed by atoms with Crippen LogP contribution in [0.5, 0.6) is 0 Å². The number of rotatable bonds is 10. The van der Waals surface area contributed by atoms with Gasteiger partial charge in [-0.25, -0.2) is 0 Å². The summed E-state index contributed by atoms with van der Waals surface area (Å²) in [5, 5.41) is 14.5. The summed E-state index contributed by atoms with van der Waals surface area (Å²) in [6, 6.07) is 89.0. The van der Waals surface area contributed by atoms with Crippen molar-refractivity contribution in [1.29, 1.82) is 0 Å². The summed E-state index contributed by atoms with van der Waals surface area (Å²) >= 11 is 0. The number of pyridine rings is 1. The molecule has 0 aliphatic heterocycles. The van der Waals surface area contributed by atoms with Gasteiger partial charge in [0.1, 0.15) is 0 Å². The van der Waals surface area contributed by atoms with E-state index >= 15 is 0 Å².